The van der Waals surface area contributed by atoms with Crippen molar-refractivity contribution < 1.29 is 9.59 Å². The number of benzene rings is 1. The summed E-state index contributed by atoms with van der Waals surface area (Å²) in [6.07, 6.45) is 8.47. The molecule has 2 amide bonds. The number of anilines is 2. The normalized spacial score (nSPS) is 17.5. The summed E-state index contributed by atoms with van der Waals surface area (Å²) in [4.78, 5) is 41.1. The van der Waals surface area contributed by atoms with Crippen molar-refractivity contribution in [2.45, 2.75) is 58.4 Å². The smallest absolute Gasteiger partial charge is 0.256 e. The lowest BCUT2D eigenvalue weighted by atomic mass is 9.92. The lowest BCUT2D eigenvalue weighted by Crippen LogP contribution is -2.45. The molecule has 0 aliphatic carbocycles. The summed E-state index contributed by atoms with van der Waals surface area (Å²) in [7, 11) is 0. The van der Waals surface area contributed by atoms with Crippen molar-refractivity contribution in [2.75, 3.05) is 17.6 Å². The molecular formula is C29H33N7O2. The third-order valence-corrected chi connectivity index (χ3v) is 7.22. The van der Waals surface area contributed by atoms with Crippen LogP contribution in [0.4, 0.5) is 11.6 Å². The number of hydrogen-bond donors (Lipinski definition) is 2. The summed E-state index contributed by atoms with van der Waals surface area (Å²) >= 11 is 0. The fourth-order valence-electron chi connectivity index (χ4n) is 5.17. The first-order valence-electron chi connectivity index (χ1n) is 13.1. The Kier molecular flexibility index (Phi) is 7.09. The number of piperidine rings is 1. The molecular weight excluding hydrogens is 478 g/mol. The van der Waals surface area contributed by atoms with Crippen LogP contribution in [0.15, 0.2) is 55.0 Å². The van der Waals surface area contributed by atoms with Gasteiger partial charge < -0.3 is 16.0 Å². The molecule has 38 heavy (non-hydrogen) atoms. The number of aromatic nitrogens is 4. The summed E-state index contributed by atoms with van der Waals surface area (Å²) < 4.78 is 2.00. The van der Waals surface area contributed by atoms with Gasteiger partial charge >= 0.3 is 0 Å². The number of hydrogen-bond acceptors (Lipinski definition) is 6. The van der Waals surface area contributed by atoms with Gasteiger partial charge in [0.15, 0.2) is 0 Å². The fourth-order valence-corrected chi connectivity index (χ4v) is 5.17. The first-order valence-corrected chi connectivity index (χ1v) is 13.1. The molecule has 4 aromatic rings. The second-order valence-corrected chi connectivity index (χ2v) is 10.0. The number of carbonyl (C=O) groups excluding carboxylic acids is 2. The number of pyridine rings is 1. The molecule has 4 heterocycles. The van der Waals surface area contributed by atoms with Crippen LogP contribution < -0.4 is 11.1 Å². The summed E-state index contributed by atoms with van der Waals surface area (Å²) in [5.74, 6) is 1.81. The predicted molar refractivity (Wildman–Crippen MR) is 148 cm³/mol. The number of carbonyl (C=O) groups is 2. The highest BCUT2D eigenvalue weighted by atomic mass is 16.2. The van der Waals surface area contributed by atoms with Gasteiger partial charge in [0.2, 0.25) is 5.91 Å². The lowest BCUT2D eigenvalue weighted by Gasteiger charge is -2.37. The number of amides is 2. The van der Waals surface area contributed by atoms with Gasteiger partial charge in [0, 0.05) is 54.6 Å². The average Bonchev–Trinajstić information content (AvgIpc) is 3.30. The van der Waals surface area contributed by atoms with E-state index in [1.807, 2.05) is 53.6 Å². The van der Waals surface area contributed by atoms with Gasteiger partial charge in [-0.1, -0.05) is 19.1 Å². The molecule has 5 rings (SSSR count). The Labute approximate surface area is 222 Å². The van der Waals surface area contributed by atoms with Crippen molar-refractivity contribution in [3.63, 3.8) is 0 Å². The van der Waals surface area contributed by atoms with Gasteiger partial charge in [0.25, 0.3) is 5.91 Å². The molecule has 9 nitrogen and oxygen atoms in total. The fraction of sp³-hybridized carbons (Fsp3) is 0.345. The van der Waals surface area contributed by atoms with E-state index in [-0.39, 0.29) is 23.8 Å². The number of fused-ring (bicyclic) bond motifs is 1. The molecule has 0 radical (unpaired) electrons. The van der Waals surface area contributed by atoms with Crippen molar-refractivity contribution in [1.29, 1.82) is 0 Å². The number of rotatable bonds is 6. The van der Waals surface area contributed by atoms with Crippen molar-refractivity contribution in [3.05, 3.63) is 71.9 Å². The van der Waals surface area contributed by atoms with Gasteiger partial charge in [-0.25, -0.2) is 15.0 Å². The van der Waals surface area contributed by atoms with E-state index in [4.69, 9.17) is 10.7 Å². The van der Waals surface area contributed by atoms with Crippen LogP contribution in [-0.4, -0.2) is 48.7 Å². The second kappa shape index (κ2) is 10.6. The molecule has 196 valence electrons. The Morgan fingerprint density at radius 3 is 2.63 bits per heavy atom. The zero-order valence-corrected chi connectivity index (χ0v) is 22.0. The molecule has 0 bridgehead atoms. The molecule has 3 aromatic heterocycles. The van der Waals surface area contributed by atoms with E-state index in [0.29, 0.717) is 35.9 Å². The summed E-state index contributed by atoms with van der Waals surface area (Å²) in [6.45, 7) is 6.73. The van der Waals surface area contributed by atoms with E-state index >= 15 is 0 Å². The molecule has 1 aliphatic rings. The Hall–Kier alpha value is -4.27. The van der Waals surface area contributed by atoms with Crippen molar-refractivity contribution in [1.82, 2.24) is 24.3 Å². The number of aryl methyl sites for hydroxylation is 1. The van der Waals surface area contributed by atoms with Crippen molar-refractivity contribution >= 4 is 29.0 Å². The molecule has 0 saturated carbocycles. The molecule has 2 atom stereocenters. The molecule has 1 saturated heterocycles. The monoisotopic (exact) mass is 511 g/mol. The molecule has 3 N–H and O–H groups in total. The van der Waals surface area contributed by atoms with Gasteiger partial charge in [0.1, 0.15) is 28.7 Å². The minimum Gasteiger partial charge on any atom is -0.382 e. The summed E-state index contributed by atoms with van der Waals surface area (Å²) in [5, 5.41) is 2.84. The topological polar surface area (TPSA) is 119 Å². The van der Waals surface area contributed by atoms with Crippen molar-refractivity contribution in [2.24, 2.45) is 0 Å². The van der Waals surface area contributed by atoms with Gasteiger partial charge in [-0.05, 0) is 62.9 Å². The first kappa shape index (κ1) is 25.4. The summed E-state index contributed by atoms with van der Waals surface area (Å²) in [5.41, 5.74) is 10.1. The lowest BCUT2D eigenvalue weighted by molar-refractivity contribution is -0.134. The third kappa shape index (κ3) is 4.96. The van der Waals surface area contributed by atoms with Crippen LogP contribution in [-0.2, 0) is 4.79 Å². The van der Waals surface area contributed by atoms with Crippen LogP contribution in [0.5, 0.6) is 0 Å². The second-order valence-electron chi connectivity index (χ2n) is 10.0. The third-order valence-electron chi connectivity index (χ3n) is 7.22. The van der Waals surface area contributed by atoms with Crippen LogP contribution in [0.1, 0.15) is 67.2 Å². The maximum absolute atomic E-state index is 12.8. The molecule has 9 heteroatoms. The van der Waals surface area contributed by atoms with Gasteiger partial charge in [-0.15, -0.1) is 0 Å². The van der Waals surface area contributed by atoms with E-state index in [0.717, 1.165) is 41.7 Å². The van der Waals surface area contributed by atoms with E-state index in [1.54, 1.807) is 24.5 Å². The quantitative estimate of drug-likeness (QED) is 0.383. The maximum Gasteiger partial charge on any atom is 0.256 e. The van der Waals surface area contributed by atoms with Crippen LogP contribution in [0.25, 0.3) is 16.8 Å². The van der Waals surface area contributed by atoms with Crippen molar-refractivity contribution in [3.8, 4) is 11.3 Å². The zero-order valence-electron chi connectivity index (χ0n) is 22.0. The summed E-state index contributed by atoms with van der Waals surface area (Å²) in [6, 6.07) is 11.2. The number of nitrogens with two attached hydrogens (primary N) is 1. The van der Waals surface area contributed by atoms with Crippen LogP contribution in [0, 0.1) is 6.92 Å². The molecule has 1 fully saturated rings. The highest BCUT2D eigenvalue weighted by Crippen LogP contribution is 2.35. The van der Waals surface area contributed by atoms with Gasteiger partial charge in [-0.3, -0.25) is 14.0 Å². The Bertz CT molecular complexity index is 1480. The number of imidazole rings is 1. The van der Waals surface area contributed by atoms with Crippen LogP contribution >= 0.6 is 0 Å². The molecule has 1 aliphatic heterocycles. The van der Waals surface area contributed by atoms with Crippen LogP contribution in [0.3, 0.4) is 0 Å². The minimum atomic E-state index is -0.237. The number of nitrogens with one attached hydrogen (secondary N) is 1. The predicted octanol–water partition coefficient (Wildman–Crippen LogP) is 4.83. The van der Waals surface area contributed by atoms with Crippen LogP contribution in [0.2, 0.25) is 0 Å². The molecule has 1 aromatic carbocycles. The Morgan fingerprint density at radius 1 is 1.11 bits per heavy atom. The van der Waals surface area contributed by atoms with E-state index in [2.05, 4.69) is 22.2 Å². The number of nitrogens with zero attached hydrogens (tertiary/aromatic N) is 5. The Morgan fingerprint density at radius 2 is 1.89 bits per heavy atom. The van der Waals surface area contributed by atoms with E-state index in [1.165, 1.54) is 0 Å². The molecule has 0 unspecified atom stereocenters. The molecule has 0 spiro atoms. The average molecular weight is 512 g/mol. The van der Waals surface area contributed by atoms with E-state index < -0.39 is 0 Å². The van der Waals surface area contributed by atoms with Gasteiger partial charge in [0.05, 0.1) is 0 Å². The number of likely N-dealkylation sites (tertiary alicyclic amines) is 1. The SMILES string of the molecule is CCCC(=O)N1C[C@H](c2nc(-c3ccc(C(=O)Nc4cc(C)ccn4)cc3)c3c(N)nccn23)CC[C@@H]1C. The Balaban J connectivity index is 1.45. The largest absolute Gasteiger partial charge is 0.382 e. The zero-order chi connectivity index (χ0) is 26.8. The number of nitrogen functional groups attached to an aromatic ring is 1. The van der Waals surface area contributed by atoms with E-state index in [9.17, 15) is 9.59 Å². The maximum atomic E-state index is 12.8. The van der Waals surface area contributed by atoms with Gasteiger partial charge in [-0.2, -0.15) is 0 Å². The highest BCUT2D eigenvalue weighted by molar-refractivity contribution is 6.04. The first-order chi connectivity index (χ1) is 18.4. The highest BCUT2D eigenvalue weighted by Gasteiger charge is 2.32. The minimum absolute atomic E-state index is 0.0851. The standard InChI is InChI=1S/C29H33N7O2/c1-4-5-24(37)36-17-22(7-6-19(36)3)28-34-25(26-27(30)32-14-15-35(26)28)20-8-10-21(11-9-20)29(38)33-23-16-18(2)12-13-31-23/h8-16,19,22H,4-7,17H2,1-3H3,(H2,30,32)(H,31,33,38)/t19-,22+/m0/s1.